The molecule has 1 rings (SSSR count). The predicted molar refractivity (Wildman–Crippen MR) is 55.0 cm³/mol. The number of rotatable bonds is 3. The van der Waals surface area contributed by atoms with Crippen LogP contribution >= 0.6 is 0 Å². The van der Waals surface area contributed by atoms with E-state index >= 15 is 0 Å². The highest BCUT2D eigenvalue weighted by Gasteiger charge is 2.37. The van der Waals surface area contributed by atoms with Gasteiger partial charge in [0.1, 0.15) is 5.60 Å². The molecule has 1 aliphatic heterocycles. The number of hydrogen-bond donors (Lipinski definition) is 2. The van der Waals surface area contributed by atoms with E-state index in [0.717, 1.165) is 19.3 Å². The van der Waals surface area contributed by atoms with Crippen molar-refractivity contribution in [1.29, 1.82) is 0 Å². The predicted octanol–water partition coefficient (Wildman–Crippen LogP) is 1.24. The maximum atomic E-state index is 10.0. The van der Waals surface area contributed by atoms with Gasteiger partial charge in [0, 0.05) is 0 Å². The Balaban J connectivity index is 2.60. The van der Waals surface area contributed by atoms with Crippen LogP contribution in [0.15, 0.2) is 12.7 Å². The number of hydrogen-bond acceptors (Lipinski definition) is 3. The standard InChI is InChI=1S/C11H20O3/c1-3-5-10-6-4-7-11(13,8-12)9(2)14-10/h3,9-10,12-13H,1,4-8H2,2H3/t9-,10-,11+/m0/s1. The molecule has 3 nitrogen and oxygen atoms in total. The van der Waals surface area contributed by atoms with E-state index in [2.05, 4.69) is 6.58 Å². The summed E-state index contributed by atoms with van der Waals surface area (Å²) in [7, 11) is 0. The van der Waals surface area contributed by atoms with Gasteiger partial charge in [-0.15, -0.1) is 6.58 Å². The summed E-state index contributed by atoms with van der Waals surface area (Å²) < 4.78 is 5.68. The van der Waals surface area contributed by atoms with Gasteiger partial charge in [0.25, 0.3) is 0 Å². The van der Waals surface area contributed by atoms with Crippen molar-refractivity contribution < 1.29 is 14.9 Å². The number of aliphatic hydroxyl groups excluding tert-OH is 1. The summed E-state index contributed by atoms with van der Waals surface area (Å²) in [5.74, 6) is 0. The highest BCUT2D eigenvalue weighted by atomic mass is 16.5. The van der Waals surface area contributed by atoms with Crippen molar-refractivity contribution in [2.75, 3.05) is 6.61 Å². The molecule has 2 N–H and O–H groups in total. The summed E-state index contributed by atoms with van der Waals surface area (Å²) in [4.78, 5) is 0. The van der Waals surface area contributed by atoms with E-state index in [9.17, 15) is 5.11 Å². The molecule has 1 saturated heterocycles. The molecule has 0 spiro atoms. The van der Waals surface area contributed by atoms with Gasteiger partial charge in [-0.2, -0.15) is 0 Å². The van der Waals surface area contributed by atoms with Gasteiger partial charge in [-0.1, -0.05) is 6.08 Å². The lowest BCUT2D eigenvalue weighted by Crippen LogP contribution is -2.45. The number of ether oxygens (including phenoxy) is 1. The first-order valence-electron chi connectivity index (χ1n) is 5.22. The quantitative estimate of drug-likeness (QED) is 0.674. The Morgan fingerprint density at radius 2 is 2.36 bits per heavy atom. The van der Waals surface area contributed by atoms with Crippen molar-refractivity contribution in [2.45, 2.75) is 50.4 Å². The van der Waals surface area contributed by atoms with E-state index in [0.29, 0.717) is 6.42 Å². The van der Waals surface area contributed by atoms with Gasteiger partial charge in [-0.3, -0.25) is 0 Å². The second-order valence-electron chi connectivity index (χ2n) is 4.08. The minimum absolute atomic E-state index is 0.142. The normalized spacial score (nSPS) is 39.1. The van der Waals surface area contributed by atoms with Crippen molar-refractivity contribution in [3.8, 4) is 0 Å². The molecule has 14 heavy (non-hydrogen) atoms. The Bertz CT molecular complexity index is 193. The van der Waals surface area contributed by atoms with Crippen molar-refractivity contribution in [2.24, 2.45) is 0 Å². The molecular formula is C11H20O3. The van der Waals surface area contributed by atoms with Crippen molar-refractivity contribution in [3.05, 3.63) is 12.7 Å². The van der Waals surface area contributed by atoms with Gasteiger partial charge >= 0.3 is 0 Å². The van der Waals surface area contributed by atoms with Gasteiger partial charge in [0.05, 0.1) is 18.8 Å². The van der Waals surface area contributed by atoms with Gasteiger partial charge in [0.2, 0.25) is 0 Å². The fraction of sp³-hybridized carbons (Fsp3) is 0.818. The second-order valence-corrected chi connectivity index (χ2v) is 4.08. The molecule has 0 unspecified atom stereocenters. The van der Waals surface area contributed by atoms with E-state index in [4.69, 9.17) is 9.84 Å². The highest BCUT2D eigenvalue weighted by Crippen LogP contribution is 2.28. The molecule has 1 fully saturated rings. The van der Waals surface area contributed by atoms with Crippen molar-refractivity contribution in [1.82, 2.24) is 0 Å². The summed E-state index contributed by atoms with van der Waals surface area (Å²) in [6.07, 6.45) is 4.91. The lowest BCUT2D eigenvalue weighted by atomic mass is 9.93. The zero-order valence-corrected chi connectivity index (χ0v) is 8.78. The van der Waals surface area contributed by atoms with Crippen LogP contribution in [-0.4, -0.2) is 34.6 Å². The van der Waals surface area contributed by atoms with Crippen LogP contribution in [0, 0.1) is 0 Å². The molecule has 0 aromatic rings. The molecule has 1 aliphatic rings. The first-order chi connectivity index (χ1) is 6.62. The van der Waals surface area contributed by atoms with Crippen molar-refractivity contribution in [3.63, 3.8) is 0 Å². The third kappa shape index (κ3) is 2.56. The van der Waals surface area contributed by atoms with Gasteiger partial charge < -0.3 is 14.9 Å². The van der Waals surface area contributed by atoms with Crippen LogP contribution in [0.2, 0.25) is 0 Å². The van der Waals surface area contributed by atoms with E-state index in [1.165, 1.54) is 0 Å². The first kappa shape index (κ1) is 11.7. The molecule has 3 heteroatoms. The van der Waals surface area contributed by atoms with Gasteiger partial charge in [0.15, 0.2) is 0 Å². The van der Waals surface area contributed by atoms with E-state index < -0.39 is 5.60 Å². The maximum absolute atomic E-state index is 10.0. The summed E-state index contributed by atoms with van der Waals surface area (Å²) >= 11 is 0. The molecule has 0 radical (unpaired) electrons. The van der Waals surface area contributed by atoms with Crippen molar-refractivity contribution >= 4 is 0 Å². The third-order valence-corrected chi connectivity index (χ3v) is 2.99. The minimum Gasteiger partial charge on any atom is -0.393 e. The average molecular weight is 200 g/mol. The monoisotopic (exact) mass is 200 g/mol. The second kappa shape index (κ2) is 4.91. The Morgan fingerprint density at radius 1 is 1.64 bits per heavy atom. The van der Waals surface area contributed by atoms with Crippen LogP contribution in [0.1, 0.15) is 32.6 Å². The molecule has 0 saturated carbocycles. The fourth-order valence-corrected chi connectivity index (χ4v) is 1.89. The summed E-state index contributed by atoms with van der Waals surface area (Å²) in [6, 6.07) is 0. The molecule has 82 valence electrons. The van der Waals surface area contributed by atoms with E-state index in [-0.39, 0.29) is 18.8 Å². The Morgan fingerprint density at radius 3 is 2.93 bits per heavy atom. The van der Waals surface area contributed by atoms with Gasteiger partial charge in [-0.25, -0.2) is 0 Å². The lowest BCUT2D eigenvalue weighted by molar-refractivity contribution is -0.134. The average Bonchev–Trinajstić information content (AvgIpc) is 2.29. The molecule has 0 aromatic carbocycles. The lowest BCUT2D eigenvalue weighted by Gasteiger charge is -2.31. The number of aliphatic hydroxyl groups is 2. The minimum atomic E-state index is -1.06. The molecule has 3 atom stereocenters. The van der Waals surface area contributed by atoms with E-state index in [1.54, 1.807) is 0 Å². The van der Waals surface area contributed by atoms with Crippen LogP contribution in [0.3, 0.4) is 0 Å². The third-order valence-electron chi connectivity index (χ3n) is 2.99. The zero-order valence-electron chi connectivity index (χ0n) is 8.78. The molecule has 0 amide bonds. The maximum Gasteiger partial charge on any atom is 0.113 e. The highest BCUT2D eigenvalue weighted by molar-refractivity contribution is 4.89. The summed E-state index contributed by atoms with van der Waals surface area (Å²) in [5.41, 5.74) is -1.06. The van der Waals surface area contributed by atoms with Crippen LogP contribution in [-0.2, 0) is 4.74 Å². The smallest absolute Gasteiger partial charge is 0.113 e. The fourth-order valence-electron chi connectivity index (χ4n) is 1.89. The molecule has 0 aliphatic carbocycles. The largest absolute Gasteiger partial charge is 0.393 e. The first-order valence-corrected chi connectivity index (χ1v) is 5.22. The van der Waals surface area contributed by atoms with E-state index in [1.807, 2.05) is 13.0 Å². The summed E-state index contributed by atoms with van der Waals surface area (Å²) in [5, 5.41) is 19.1. The topological polar surface area (TPSA) is 49.7 Å². The molecule has 0 aromatic heterocycles. The van der Waals surface area contributed by atoms with Crippen LogP contribution in [0.5, 0.6) is 0 Å². The van der Waals surface area contributed by atoms with Gasteiger partial charge in [-0.05, 0) is 32.6 Å². The van der Waals surface area contributed by atoms with Crippen LogP contribution in [0.4, 0.5) is 0 Å². The Kier molecular flexibility index (Phi) is 4.11. The SMILES string of the molecule is C=CC[C@H]1CCC[C@@](O)(CO)[C@H](C)O1. The molecular weight excluding hydrogens is 180 g/mol. The molecule has 0 bridgehead atoms. The Hall–Kier alpha value is -0.380. The Labute approximate surface area is 85.4 Å². The zero-order chi connectivity index (χ0) is 10.6. The van der Waals surface area contributed by atoms with Crippen LogP contribution in [0.25, 0.3) is 0 Å². The van der Waals surface area contributed by atoms with Crippen LogP contribution < -0.4 is 0 Å². The summed E-state index contributed by atoms with van der Waals surface area (Å²) in [6.45, 7) is 5.26. The molecule has 1 heterocycles.